The zero-order valence-electron chi connectivity index (χ0n) is 30.7. The second-order valence-electron chi connectivity index (χ2n) is 14.5. The van der Waals surface area contributed by atoms with E-state index in [1.54, 1.807) is 49.4 Å². The molecule has 1 unspecified atom stereocenters. The zero-order chi connectivity index (χ0) is 39.4. The number of hydrogen-bond acceptors (Lipinski definition) is 4. The average molecular weight is 757 g/mol. The Kier molecular flexibility index (Phi) is 11.8. The van der Waals surface area contributed by atoms with E-state index in [1.807, 2.05) is 31.2 Å². The number of rotatable bonds is 11. The van der Waals surface area contributed by atoms with Crippen LogP contribution < -0.4 is 10.6 Å². The Morgan fingerprint density at radius 1 is 0.722 bits per heavy atom. The lowest BCUT2D eigenvalue weighted by Crippen LogP contribution is -2.28. The molecule has 5 aromatic rings. The summed E-state index contributed by atoms with van der Waals surface area (Å²) in [6.07, 6.45) is -4.15. The molecule has 0 aliphatic rings. The molecule has 3 N–H and O–H groups in total. The molecule has 0 aliphatic heterocycles. The number of carbonyl (C=O) groups excluding carboxylic acids is 2. The van der Waals surface area contributed by atoms with Gasteiger partial charge in [-0.1, -0.05) is 93.6 Å². The van der Waals surface area contributed by atoms with Gasteiger partial charge in [-0.3, -0.25) is 14.1 Å². The molecule has 7 nitrogen and oxygen atoms in total. The fourth-order valence-corrected chi connectivity index (χ4v) is 6.63. The van der Waals surface area contributed by atoms with Crippen molar-refractivity contribution >= 4 is 27.6 Å². The van der Waals surface area contributed by atoms with Crippen LogP contribution in [0.5, 0.6) is 0 Å². The Balaban J connectivity index is 1.39. The first-order chi connectivity index (χ1) is 25.3. The number of benzene rings is 5. The molecule has 0 aliphatic carbocycles. The predicted molar refractivity (Wildman–Crippen MR) is 207 cm³/mol. The highest BCUT2D eigenvalue weighted by atomic mass is 32.2. The zero-order valence-corrected chi connectivity index (χ0v) is 31.5. The van der Waals surface area contributed by atoms with E-state index in [2.05, 4.69) is 55.7 Å². The first kappa shape index (κ1) is 39.9. The third-order valence-electron chi connectivity index (χ3n) is 9.35. The largest absolute Gasteiger partial charge is 0.416 e. The highest BCUT2D eigenvalue weighted by Crippen LogP contribution is 2.35. The summed E-state index contributed by atoms with van der Waals surface area (Å²) in [7, 11) is -4.22. The third kappa shape index (κ3) is 10.2. The van der Waals surface area contributed by atoms with Gasteiger partial charge in [0.15, 0.2) is 0 Å². The van der Waals surface area contributed by atoms with Gasteiger partial charge >= 0.3 is 6.18 Å². The van der Waals surface area contributed by atoms with Crippen molar-refractivity contribution in [1.82, 2.24) is 5.32 Å². The highest BCUT2D eigenvalue weighted by Gasteiger charge is 2.31. The number of carbonyl (C=O) groups is 2. The van der Waals surface area contributed by atoms with Crippen molar-refractivity contribution in [3.8, 4) is 22.3 Å². The molecule has 11 heteroatoms. The minimum Gasteiger partial charge on any atom is -0.351 e. The standard InChI is InChI=1S/C43H43F3N2O5S/c1-27-24-35(43(44,45)46)18-20-37(27)38-21-19-36(25-28(38)2)48-41(50)39(26-29-6-8-33(9-7-29)40(49)47-22-23-54(51,52)53)32-12-10-30(11-13-32)31-14-16-34(17-15-31)42(3,4)5/h6-21,24-25,39H,22-23,26H2,1-5H3,(H,47,49)(H,48,50)(H,51,52,53). The number of halogens is 3. The minimum absolute atomic E-state index is 0.0219. The van der Waals surface area contributed by atoms with Crippen molar-refractivity contribution in [3.05, 3.63) is 148 Å². The highest BCUT2D eigenvalue weighted by molar-refractivity contribution is 7.85. The van der Waals surface area contributed by atoms with E-state index in [0.717, 1.165) is 45.5 Å². The van der Waals surface area contributed by atoms with Crippen molar-refractivity contribution < 1.29 is 35.7 Å². The van der Waals surface area contributed by atoms with Gasteiger partial charge < -0.3 is 10.6 Å². The van der Waals surface area contributed by atoms with Crippen molar-refractivity contribution in [2.24, 2.45) is 0 Å². The minimum atomic E-state index is -4.44. The molecule has 5 aromatic carbocycles. The van der Waals surface area contributed by atoms with Gasteiger partial charge in [0.1, 0.15) is 0 Å². The smallest absolute Gasteiger partial charge is 0.351 e. The van der Waals surface area contributed by atoms with Crippen LogP contribution in [0, 0.1) is 13.8 Å². The van der Waals surface area contributed by atoms with Gasteiger partial charge in [-0.2, -0.15) is 21.6 Å². The Morgan fingerprint density at radius 2 is 1.26 bits per heavy atom. The number of hydrogen-bond donors (Lipinski definition) is 3. The molecule has 0 fully saturated rings. The van der Waals surface area contributed by atoms with Crippen molar-refractivity contribution in [2.45, 2.75) is 58.5 Å². The lowest BCUT2D eigenvalue weighted by molar-refractivity contribution is -0.137. The molecule has 0 aromatic heterocycles. The molecular weight excluding hydrogens is 714 g/mol. The molecule has 2 amide bonds. The van der Waals surface area contributed by atoms with E-state index in [0.29, 0.717) is 16.8 Å². The van der Waals surface area contributed by atoms with Gasteiger partial charge in [-0.05, 0) is 112 Å². The summed E-state index contributed by atoms with van der Waals surface area (Å²) in [4.78, 5) is 26.6. The molecule has 282 valence electrons. The molecule has 0 spiro atoms. The second kappa shape index (κ2) is 16.0. The maximum Gasteiger partial charge on any atom is 0.416 e. The number of aryl methyl sites for hydroxylation is 2. The van der Waals surface area contributed by atoms with E-state index < -0.39 is 39.4 Å². The number of anilines is 1. The van der Waals surface area contributed by atoms with Gasteiger partial charge in [0, 0.05) is 17.8 Å². The molecule has 0 saturated heterocycles. The Hall–Kier alpha value is -5.26. The van der Waals surface area contributed by atoms with Gasteiger partial charge in [0.25, 0.3) is 16.0 Å². The van der Waals surface area contributed by atoms with Crippen LogP contribution in [-0.2, 0) is 32.9 Å². The van der Waals surface area contributed by atoms with Crippen LogP contribution in [-0.4, -0.2) is 37.1 Å². The Morgan fingerprint density at radius 3 is 1.78 bits per heavy atom. The second-order valence-corrected chi connectivity index (χ2v) is 16.1. The summed E-state index contributed by atoms with van der Waals surface area (Å²) in [5.74, 6) is -2.03. The van der Waals surface area contributed by atoms with Crippen LogP contribution in [0.4, 0.5) is 18.9 Å². The SMILES string of the molecule is Cc1cc(NC(=O)C(Cc2ccc(C(=O)NCCS(=O)(=O)O)cc2)c2ccc(-c3ccc(C(C)(C)C)cc3)cc2)ccc1-c1ccc(C(F)(F)F)cc1C. The molecule has 54 heavy (non-hydrogen) atoms. The summed E-state index contributed by atoms with van der Waals surface area (Å²) >= 11 is 0. The van der Waals surface area contributed by atoms with Crippen LogP contribution in [0.15, 0.2) is 109 Å². The van der Waals surface area contributed by atoms with Gasteiger partial charge in [-0.15, -0.1) is 0 Å². The summed E-state index contributed by atoms with van der Waals surface area (Å²) in [5.41, 5.74) is 7.61. The van der Waals surface area contributed by atoms with Gasteiger partial charge in [0.2, 0.25) is 5.91 Å². The fraction of sp³-hybridized carbons (Fsp3) is 0.256. The molecular formula is C43H43F3N2O5S. The summed E-state index contributed by atoms with van der Waals surface area (Å²) in [6.45, 7) is 9.71. The van der Waals surface area contributed by atoms with E-state index in [1.165, 1.54) is 11.6 Å². The van der Waals surface area contributed by atoms with Crippen molar-refractivity contribution in [2.75, 3.05) is 17.6 Å². The van der Waals surface area contributed by atoms with Crippen LogP contribution in [0.2, 0.25) is 0 Å². The Labute approximate surface area is 314 Å². The first-order valence-corrected chi connectivity index (χ1v) is 19.0. The number of nitrogens with one attached hydrogen (secondary N) is 2. The fourth-order valence-electron chi connectivity index (χ4n) is 6.27. The summed E-state index contributed by atoms with van der Waals surface area (Å²) in [5, 5.41) is 5.49. The average Bonchev–Trinajstić information content (AvgIpc) is 3.10. The van der Waals surface area contributed by atoms with Crippen LogP contribution in [0.1, 0.15) is 70.4 Å². The van der Waals surface area contributed by atoms with Crippen LogP contribution in [0.25, 0.3) is 22.3 Å². The van der Waals surface area contributed by atoms with E-state index in [4.69, 9.17) is 4.55 Å². The lowest BCUT2D eigenvalue weighted by atomic mass is 9.86. The topological polar surface area (TPSA) is 113 Å². The van der Waals surface area contributed by atoms with Crippen molar-refractivity contribution in [1.29, 1.82) is 0 Å². The van der Waals surface area contributed by atoms with Crippen LogP contribution >= 0.6 is 0 Å². The maximum atomic E-state index is 14.1. The quantitative estimate of drug-likeness (QED) is 0.116. The molecule has 0 saturated carbocycles. The molecule has 1 atom stereocenters. The monoisotopic (exact) mass is 756 g/mol. The first-order valence-electron chi connectivity index (χ1n) is 17.4. The maximum absolute atomic E-state index is 14.1. The lowest BCUT2D eigenvalue weighted by Gasteiger charge is -2.20. The summed E-state index contributed by atoms with van der Waals surface area (Å²) < 4.78 is 70.7. The van der Waals surface area contributed by atoms with E-state index in [-0.39, 0.29) is 29.9 Å². The van der Waals surface area contributed by atoms with E-state index in [9.17, 15) is 31.2 Å². The number of amides is 2. The number of alkyl halides is 3. The third-order valence-corrected chi connectivity index (χ3v) is 10.1. The van der Waals surface area contributed by atoms with E-state index >= 15 is 0 Å². The molecule has 0 heterocycles. The molecule has 5 rings (SSSR count). The Bertz CT molecular complexity index is 2240. The van der Waals surface area contributed by atoms with Crippen LogP contribution in [0.3, 0.4) is 0 Å². The molecule has 0 radical (unpaired) electrons. The normalized spacial score (nSPS) is 12.6. The molecule has 0 bridgehead atoms. The predicted octanol–water partition coefficient (Wildman–Crippen LogP) is 9.54. The van der Waals surface area contributed by atoms with Gasteiger partial charge in [-0.25, -0.2) is 0 Å². The summed E-state index contributed by atoms with van der Waals surface area (Å²) in [6, 6.07) is 31.8. The van der Waals surface area contributed by atoms with Gasteiger partial charge in [0.05, 0.1) is 17.2 Å². The van der Waals surface area contributed by atoms with Crippen molar-refractivity contribution in [3.63, 3.8) is 0 Å².